The molecule has 24 heavy (non-hydrogen) atoms. The molecule has 4 nitrogen and oxygen atoms in total. The fourth-order valence-electron chi connectivity index (χ4n) is 3.57. The molecule has 3 atom stereocenters. The van der Waals surface area contributed by atoms with Gasteiger partial charge in [0.1, 0.15) is 0 Å². The highest BCUT2D eigenvalue weighted by atomic mass is 16.2. The molecule has 2 rings (SSSR count). The molecule has 1 heterocycles. The molecule has 1 saturated heterocycles. The third kappa shape index (κ3) is 4.37. The van der Waals surface area contributed by atoms with E-state index in [1.165, 1.54) is 5.56 Å². The quantitative estimate of drug-likeness (QED) is 0.833. The van der Waals surface area contributed by atoms with Crippen molar-refractivity contribution in [3.63, 3.8) is 0 Å². The van der Waals surface area contributed by atoms with E-state index >= 15 is 0 Å². The molecule has 1 aromatic carbocycles. The minimum atomic E-state index is -0.0418. The lowest BCUT2D eigenvalue weighted by atomic mass is 9.87. The van der Waals surface area contributed by atoms with Gasteiger partial charge in [0.2, 0.25) is 11.8 Å². The van der Waals surface area contributed by atoms with E-state index in [1.54, 1.807) is 0 Å². The Labute approximate surface area is 145 Å². The molecule has 1 fully saturated rings. The van der Waals surface area contributed by atoms with Gasteiger partial charge in [-0.2, -0.15) is 0 Å². The molecular formula is C20H30N2O2. The molecule has 0 radical (unpaired) electrons. The highest BCUT2D eigenvalue weighted by Gasteiger charge is 2.34. The Balaban J connectivity index is 2.01. The van der Waals surface area contributed by atoms with Crippen LogP contribution in [0.3, 0.4) is 0 Å². The normalized spacial score (nSPS) is 19.8. The number of nitrogens with one attached hydrogen (secondary N) is 1. The summed E-state index contributed by atoms with van der Waals surface area (Å²) in [6.07, 6.45) is 3.88. The highest BCUT2D eigenvalue weighted by molar-refractivity contribution is 5.86. The van der Waals surface area contributed by atoms with Gasteiger partial charge in [-0.15, -0.1) is 0 Å². The van der Waals surface area contributed by atoms with E-state index in [1.807, 2.05) is 24.8 Å². The van der Waals surface area contributed by atoms with E-state index in [9.17, 15) is 9.59 Å². The molecule has 0 saturated carbocycles. The lowest BCUT2D eigenvalue weighted by Gasteiger charge is -2.32. The summed E-state index contributed by atoms with van der Waals surface area (Å²) in [7, 11) is 0. The van der Waals surface area contributed by atoms with Gasteiger partial charge in [-0.05, 0) is 31.2 Å². The second-order valence-electron chi connectivity index (χ2n) is 6.75. The van der Waals surface area contributed by atoms with Crippen molar-refractivity contribution in [3.8, 4) is 0 Å². The lowest BCUT2D eigenvalue weighted by Crippen LogP contribution is -2.45. The van der Waals surface area contributed by atoms with Crippen molar-refractivity contribution in [1.29, 1.82) is 0 Å². The highest BCUT2D eigenvalue weighted by Crippen LogP contribution is 2.33. The molecule has 1 aliphatic rings. The van der Waals surface area contributed by atoms with Crippen molar-refractivity contribution in [2.75, 3.05) is 13.1 Å². The first-order chi connectivity index (χ1) is 11.6. The van der Waals surface area contributed by atoms with Crippen LogP contribution in [0.1, 0.15) is 57.9 Å². The number of likely N-dealkylation sites (tertiary alicyclic amines) is 1. The zero-order valence-electron chi connectivity index (χ0n) is 15.1. The zero-order valence-corrected chi connectivity index (χ0v) is 15.1. The van der Waals surface area contributed by atoms with Crippen molar-refractivity contribution >= 4 is 11.8 Å². The first kappa shape index (κ1) is 18.5. The molecule has 0 aromatic heterocycles. The molecule has 0 spiro atoms. The Bertz CT molecular complexity index is 544. The Hall–Kier alpha value is -1.84. The summed E-state index contributed by atoms with van der Waals surface area (Å²) in [4.78, 5) is 26.5. The molecule has 2 amide bonds. The van der Waals surface area contributed by atoms with Crippen LogP contribution in [0.15, 0.2) is 30.3 Å². The standard InChI is InChI=1S/C20H30N2O2/c1-4-15(3)20(24)21-14-19(23)22-13-9-12-18(22)17(5-2)16-10-7-6-8-11-16/h6-8,10-11,15,17-18H,4-5,9,12-14H2,1-3H3,(H,21,24)/t15-,17-,18-/m0/s1. The maximum atomic E-state index is 12.6. The van der Waals surface area contributed by atoms with Crippen LogP contribution in [0.2, 0.25) is 0 Å². The topological polar surface area (TPSA) is 49.4 Å². The van der Waals surface area contributed by atoms with Crippen molar-refractivity contribution in [3.05, 3.63) is 35.9 Å². The van der Waals surface area contributed by atoms with E-state index < -0.39 is 0 Å². The third-order valence-corrected chi connectivity index (χ3v) is 5.23. The van der Waals surface area contributed by atoms with Gasteiger partial charge in [-0.3, -0.25) is 9.59 Å². The van der Waals surface area contributed by atoms with Gasteiger partial charge in [0.15, 0.2) is 0 Å². The van der Waals surface area contributed by atoms with Crippen molar-refractivity contribution in [2.45, 2.75) is 58.4 Å². The summed E-state index contributed by atoms with van der Waals surface area (Å²) >= 11 is 0. The summed E-state index contributed by atoms with van der Waals surface area (Å²) in [6.45, 7) is 6.97. The fourth-order valence-corrected chi connectivity index (χ4v) is 3.57. The predicted molar refractivity (Wildman–Crippen MR) is 96.7 cm³/mol. The molecule has 1 aliphatic heterocycles. The van der Waals surface area contributed by atoms with Crippen LogP contribution < -0.4 is 5.32 Å². The van der Waals surface area contributed by atoms with Gasteiger partial charge in [0.25, 0.3) is 0 Å². The lowest BCUT2D eigenvalue weighted by molar-refractivity contribution is -0.134. The summed E-state index contributed by atoms with van der Waals surface area (Å²) < 4.78 is 0. The molecular weight excluding hydrogens is 300 g/mol. The van der Waals surface area contributed by atoms with Gasteiger partial charge < -0.3 is 10.2 Å². The molecule has 4 heteroatoms. The predicted octanol–water partition coefficient (Wildman–Crippen LogP) is 3.33. The number of benzene rings is 1. The van der Waals surface area contributed by atoms with Gasteiger partial charge in [-0.25, -0.2) is 0 Å². The van der Waals surface area contributed by atoms with Crippen molar-refractivity contribution in [1.82, 2.24) is 10.2 Å². The average molecular weight is 330 g/mol. The average Bonchev–Trinajstić information content (AvgIpc) is 3.09. The van der Waals surface area contributed by atoms with Gasteiger partial charge >= 0.3 is 0 Å². The number of carbonyl (C=O) groups excluding carboxylic acids is 2. The minimum absolute atomic E-state index is 0.0308. The fraction of sp³-hybridized carbons (Fsp3) is 0.600. The molecule has 0 aliphatic carbocycles. The van der Waals surface area contributed by atoms with Crippen LogP contribution in [0.25, 0.3) is 0 Å². The summed E-state index contributed by atoms with van der Waals surface area (Å²) in [5.74, 6) is 0.336. The Kier molecular flexibility index (Phi) is 6.83. The van der Waals surface area contributed by atoms with Gasteiger partial charge in [0.05, 0.1) is 6.54 Å². The van der Waals surface area contributed by atoms with E-state index in [2.05, 4.69) is 36.5 Å². The van der Waals surface area contributed by atoms with E-state index in [0.29, 0.717) is 5.92 Å². The number of carbonyl (C=O) groups is 2. The maximum Gasteiger partial charge on any atom is 0.242 e. The SMILES string of the molecule is CC[C@H](C)C(=O)NCC(=O)N1CCC[C@H]1[C@@H](CC)c1ccccc1. The number of rotatable bonds is 7. The van der Waals surface area contributed by atoms with Crippen LogP contribution >= 0.6 is 0 Å². The van der Waals surface area contributed by atoms with Crippen LogP contribution in [0.5, 0.6) is 0 Å². The first-order valence-corrected chi connectivity index (χ1v) is 9.20. The third-order valence-electron chi connectivity index (χ3n) is 5.23. The summed E-state index contributed by atoms with van der Waals surface area (Å²) in [5, 5.41) is 2.80. The molecule has 0 unspecified atom stereocenters. The van der Waals surface area contributed by atoms with Crippen LogP contribution in [0, 0.1) is 5.92 Å². The Morgan fingerprint density at radius 3 is 2.54 bits per heavy atom. The Morgan fingerprint density at radius 2 is 1.92 bits per heavy atom. The smallest absolute Gasteiger partial charge is 0.242 e. The maximum absolute atomic E-state index is 12.6. The number of hydrogen-bond acceptors (Lipinski definition) is 2. The monoisotopic (exact) mass is 330 g/mol. The van der Waals surface area contributed by atoms with Crippen LogP contribution in [0.4, 0.5) is 0 Å². The first-order valence-electron chi connectivity index (χ1n) is 9.20. The summed E-state index contributed by atoms with van der Waals surface area (Å²) in [5.41, 5.74) is 1.30. The molecule has 1 aromatic rings. The minimum Gasteiger partial charge on any atom is -0.347 e. The molecule has 0 bridgehead atoms. The molecule has 132 valence electrons. The molecule has 1 N–H and O–H groups in total. The summed E-state index contributed by atoms with van der Waals surface area (Å²) in [6, 6.07) is 10.7. The second-order valence-corrected chi connectivity index (χ2v) is 6.75. The zero-order chi connectivity index (χ0) is 17.5. The van der Waals surface area contributed by atoms with Crippen LogP contribution in [-0.4, -0.2) is 35.8 Å². The number of hydrogen-bond donors (Lipinski definition) is 1. The number of nitrogens with zero attached hydrogens (tertiary/aromatic N) is 1. The van der Waals surface area contributed by atoms with E-state index in [4.69, 9.17) is 0 Å². The van der Waals surface area contributed by atoms with Gasteiger partial charge in [0, 0.05) is 24.4 Å². The van der Waals surface area contributed by atoms with Crippen LogP contribution in [-0.2, 0) is 9.59 Å². The Morgan fingerprint density at radius 1 is 1.21 bits per heavy atom. The largest absolute Gasteiger partial charge is 0.347 e. The number of amides is 2. The van der Waals surface area contributed by atoms with E-state index in [-0.39, 0.29) is 30.3 Å². The van der Waals surface area contributed by atoms with Crippen molar-refractivity contribution < 1.29 is 9.59 Å². The second kappa shape index (κ2) is 8.86. The van der Waals surface area contributed by atoms with E-state index in [0.717, 1.165) is 32.2 Å². The van der Waals surface area contributed by atoms with Crippen molar-refractivity contribution in [2.24, 2.45) is 5.92 Å². The van der Waals surface area contributed by atoms with Gasteiger partial charge in [-0.1, -0.05) is 51.1 Å².